The van der Waals surface area contributed by atoms with Crippen LogP contribution in [0.25, 0.3) is 0 Å². The summed E-state index contributed by atoms with van der Waals surface area (Å²) in [5, 5.41) is 13.1. The van der Waals surface area contributed by atoms with Crippen LogP contribution < -0.4 is 5.32 Å². The molecule has 20 heavy (non-hydrogen) atoms. The van der Waals surface area contributed by atoms with Gasteiger partial charge in [0.15, 0.2) is 0 Å². The first-order valence-corrected chi connectivity index (χ1v) is 7.91. The minimum absolute atomic E-state index is 0.0557. The molecule has 0 aromatic heterocycles. The average molecular weight is 275 g/mol. The van der Waals surface area contributed by atoms with Crippen LogP contribution in [0.1, 0.15) is 42.9 Å². The van der Waals surface area contributed by atoms with Gasteiger partial charge in [-0.05, 0) is 55.7 Å². The summed E-state index contributed by atoms with van der Waals surface area (Å²) in [6.07, 6.45) is 5.41. The number of fused-ring (bicyclic) bond motifs is 1. The van der Waals surface area contributed by atoms with E-state index in [1.165, 1.54) is 11.1 Å². The standard InChI is InChI=1S/C17H25NO2/c19-15-7-5-13(6-8-15)11-18-12-17-16-4-2-1-3-14(16)9-10-20-17/h1-4,13,15,17-19H,5-12H2. The normalized spacial score (nSPS) is 29.9. The highest BCUT2D eigenvalue weighted by molar-refractivity contribution is 5.31. The van der Waals surface area contributed by atoms with Crippen LogP contribution in [0.4, 0.5) is 0 Å². The maximum Gasteiger partial charge on any atom is 0.0952 e. The Kier molecular flexibility index (Phi) is 4.71. The predicted octanol–water partition coefficient (Wildman–Crippen LogP) is 2.44. The van der Waals surface area contributed by atoms with Gasteiger partial charge >= 0.3 is 0 Å². The molecule has 1 aromatic rings. The molecule has 110 valence electrons. The maximum atomic E-state index is 9.53. The molecule has 1 aliphatic carbocycles. The van der Waals surface area contributed by atoms with E-state index in [4.69, 9.17) is 4.74 Å². The van der Waals surface area contributed by atoms with Crippen molar-refractivity contribution in [3.63, 3.8) is 0 Å². The van der Waals surface area contributed by atoms with Crippen molar-refractivity contribution in [2.24, 2.45) is 5.92 Å². The minimum Gasteiger partial charge on any atom is -0.393 e. The molecule has 2 aliphatic rings. The Balaban J connectivity index is 1.47. The molecule has 0 bridgehead atoms. The van der Waals surface area contributed by atoms with Gasteiger partial charge in [-0.1, -0.05) is 24.3 Å². The fraction of sp³-hybridized carbons (Fsp3) is 0.647. The van der Waals surface area contributed by atoms with E-state index in [0.717, 1.165) is 57.7 Å². The molecular weight excluding hydrogens is 250 g/mol. The Hall–Kier alpha value is -0.900. The second kappa shape index (κ2) is 6.70. The fourth-order valence-corrected chi connectivity index (χ4v) is 3.41. The number of benzene rings is 1. The lowest BCUT2D eigenvalue weighted by molar-refractivity contribution is 0.0408. The Morgan fingerprint density at radius 3 is 2.75 bits per heavy atom. The molecule has 1 aliphatic heterocycles. The van der Waals surface area contributed by atoms with Crippen LogP contribution in [0.2, 0.25) is 0 Å². The van der Waals surface area contributed by atoms with E-state index >= 15 is 0 Å². The van der Waals surface area contributed by atoms with E-state index in [1.807, 2.05) is 0 Å². The third-order valence-electron chi connectivity index (χ3n) is 4.67. The second-order valence-electron chi connectivity index (χ2n) is 6.14. The molecule has 0 saturated heterocycles. The molecule has 0 radical (unpaired) electrons. The lowest BCUT2D eigenvalue weighted by atomic mass is 9.87. The van der Waals surface area contributed by atoms with Crippen molar-refractivity contribution in [3.8, 4) is 0 Å². The lowest BCUT2D eigenvalue weighted by Crippen LogP contribution is -2.32. The van der Waals surface area contributed by atoms with E-state index in [2.05, 4.69) is 29.6 Å². The van der Waals surface area contributed by atoms with E-state index in [-0.39, 0.29) is 12.2 Å². The zero-order valence-electron chi connectivity index (χ0n) is 12.1. The largest absolute Gasteiger partial charge is 0.393 e. The molecule has 1 unspecified atom stereocenters. The van der Waals surface area contributed by atoms with Crippen molar-refractivity contribution in [2.75, 3.05) is 19.7 Å². The van der Waals surface area contributed by atoms with Gasteiger partial charge in [0.2, 0.25) is 0 Å². The third-order valence-corrected chi connectivity index (χ3v) is 4.67. The van der Waals surface area contributed by atoms with Crippen LogP contribution in [0.5, 0.6) is 0 Å². The summed E-state index contributed by atoms with van der Waals surface area (Å²) in [6, 6.07) is 8.62. The Labute approximate surface area is 121 Å². The molecule has 0 amide bonds. The lowest BCUT2D eigenvalue weighted by Gasteiger charge is -2.29. The first-order valence-electron chi connectivity index (χ1n) is 7.91. The zero-order valence-corrected chi connectivity index (χ0v) is 12.1. The van der Waals surface area contributed by atoms with Gasteiger partial charge in [-0.15, -0.1) is 0 Å². The topological polar surface area (TPSA) is 41.5 Å². The number of aliphatic hydroxyl groups is 1. The molecule has 3 nitrogen and oxygen atoms in total. The van der Waals surface area contributed by atoms with Crippen LogP contribution in [-0.2, 0) is 11.2 Å². The molecule has 3 rings (SSSR count). The van der Waals surface area contributed by atoms with Crippen LogP contribution in [-0.4, -0.2) is 30.9 Å². The zero-order chi connectivity index (χ0) is 13.8. The molecule has 0 spiro atoms. The number of hydrogen-bond acceptors (Lipinski definition) is 3. The Bertz CT molecular complexity index is 427. The van der Waals surface area contributed by atoms with Crippen molar-refractivity contribution in [3.05, 3.63) is 35.4 Å². The van der Waals surface area contributed by atoms with Crippen LogP contribution in [0.15, 0.2) is 24.3 Å². The summed E-state index contributed by atoms with van der Waals surface area (Å²) in [6.45, 7) is 2.78. The molecule has 1 heterocycles. The van der Waals surface area contributed by atoms with E-state index in [0.29, 0.717) is 0 Å². The predicted molar refractivity (Wildman–Crippen MR) is 79.7 cm³/mol. The molecule has 1 saturated carbocycles. The van der Waals surface area contributed by atoms with Crippen LogP contribution in [0, 0.1) is 5.92 Å². The average Bonchev–Trinajstić information content (AvgIpc) is 2.49. The molecule has 1 aromatic carbocycles. The van der Waals surface area contributed by atoms with Gasteiger partial charge in [-0.2, -0.15) is 0 Å². The summed E-state index contributed by atoms with van der Waals surface area (Å²) in [7, 11) is 0. The Morgan fingerprint density at radius 2 is 1.90 bits per heavy atom. The quantitative estimate of drug-likeness (QED) is 0.887. The maximum absolute atomic E-state index is 9.53. The fourth-order valence-electron chi connectivity index (χ4n) is 3.41. The second-order valence-corrected chi connectivity index (χ2v) is 6.14. The van der Waals surface area contributed by atoms with E-state index in [9.17, 15) is 5.11 Å². The van der Waals surface area contributed by atoms with Gasteiger partial charge in [0, 0.05) is 6.54 Å². The highest BCUT2D eigenvalue weighted by atomic mass is 16.5. The molecule has 1 atom stereocenters. The van der Waals surface area contributed by atoms with E-state index < -0.39 is 0 Å². The van der Waals surface area contributed by atoms with Crippen molar-refractivity contribution >= 4 is 0 Å². The van der Waals surface area contributed by atoms with Crippen LogP contribution in [0.3, 0.4) is 0 Å². The summed E-state index contributed by atoms with van der Waals surface area (Å²) < 4.78 is 5.91. The van der Waals surface area contributed by atoms with Gasteiger partial charge in [0.05, 0.1) is 18.8 Å². The number of nitrogens with one attached hydrogen (secondary N) is 1. The molecule has 3 heteroatoms. The summed E-state index contributed by atoms with van der Waals surface area (Å²) >= 11 is 0. The first-order chi connectivity index (χ1) is 9.83. The SMILES string of the molecule is OC1CCC(CNCC2OCCc3ccccc32)CC1. The van der Waals surface area contributed by atoms with Crippen molar-refractivity contribution in [1.82, 2.24) is 5.32 Å². The highest BCUT2D eigenvalue weighted by Crippen LogP contribution is 2.27. The first kappa shape index (κ1) is 14.1. The summed E-state index contributed by atoms with van der Waals surface area (Å²) in [4.78, 5) is 0. The van der Waals surface area contributed by atoms with E-state index in [1.54, 1.807) is 0 Å². The third kappa shape index (κ3) is 3.40. The van der Waals surface area contributed by atoms with Gasteiger partial charge in [-0.3, -0.25) is 0 Å². The molecular formula is C17H25NO2. The number of aliphatic hydroxyl groups excluding tert-OH is 1. The number of ether oxygens (including phenoxy) is 1. The number of hydrogen-bond donors (Lipinski definition) is 2. The number of rotatable bonds is 4. The van der Waals surface area contributed by atoms with Gasteiger partial charge in [0.1, 0.15) is 0 Å². The monoisotopic (exact) mass is 275 g/mol. The van der Waals surface area contributed by atoms with Crippen molar-refractivity contribution in [1.29, 1.82) is 0 Å². The molecule has 2 N–H and O–H groups in total. The summed E-state index contributed by atoms with van der Waals surface area (Å²) in [5.41, 5.74) is 2.79. The van der Waals surface area contributed by atoms with Gasteiger partial charge < -0.3 is 15.2 Å². The Morgan fingerprint density at radius 1 is 1.10 bits per heavy atom. The van der Waals surface area contributed by atoms with Gasteiger partial charge in [0.25, 0.3) is 0 Å². The van der Waals surface area contributed by atoms with Crippen LogP contribution >= 0.6 is 0 Å². The van der Waals surface area contributed by atoms with Crippen molar-refractivity contribution in [2.45, 2.75) is 44.3 Å². The molecule has 1 fully saturated rings. The van der Waals surface area contributed by atoms with Crippen molar-refractivity contribution < 1.29 is 9.84 Å². The summed E-state index contributed by atoms with van der Waals surface area (Å²) in [5.74, 6) is 0.720. The smallest absolute Gasteiger partial charge is 0.0952 e. The van der Waals surface area contributed by atoms with Gasteiger partial charge in [-0.25, -0.2) is 0 Å². The highest BCUT2D eigenvalue weighted by Gasteiger charge is 2.22. The minimum atomic E-state index is -0.0557.